The smallest absolute Gasteiger partial charge is 0.308 e. The lowest BCUT2D eigenvalue weighted by Gasteiger charge is -2.17. The maximum absolute atomic E-state index is 11.0. The summed E-state index contributed by atoms with van der Waals surface area (Å²) < 4.78 is 4.92. The van der Waals surface area contributed by atoms with Gasteiger partial charge in [0, 0.05) is 6.42 Å². The third-order valence-corrected chi connectivity index (χ3v) is 1.19. The Morgan fingerprint density at radius 2 is 2.08 bits per heavy atom. The van der Waals surface area contributed by atoms with Gasteiger partial charge in [0.25, 0.3) is 0 Å². The van der Waals surface area contributed by atoms with Gasteiger partial charge in [-0.2, -0.15) is 0 Å². The second-order valence-electron chi connectivity index (χ2n) is 2.83. The molecule has 2 nitrogen and oxygen atoms in total. The van der Waals surface area contributed by atoms with Crippen molar-refractivity contribution in [2.75, 3.05) is 0 Å². The molecule has 0 aromatic heterocycles. The zero-order valence-corrected chi connectivity index (χ0v) is 7.39. The first-order chi connectivity index (χ1) is 5.52. The molecule has 0 amide bonds. The number of hydrogen-bond donors (Lipinski definition) is 0. The third kappa shape index (κ3) is 4.41. The summed E-state index contributed by atoms with van der Waals surface area (Å²) >= 11 is 0. The summed E-state index contributed by atoms with van der Waals surface area (Å²) in [5.41, 5.74) is -0.828. The molecule has 0 rings (SSSR count). The molecule has 0 bridgehead atoms. The molecule has 0 aromatic carbocycles. The van der Waals surface area contributed by atoms with Gasteiger partial charge in [0.2, 0.25) is 0 Å². The van der Waals surface area contributed by atoms with Gasteiger partial charge in [-0.15, -0.1) is 18.8 Å². The van der Waals surface area contributed by atoms with E-state index in [1.165, 1.54) is 0 Å². The fourth-order valence-corrected chi connectivity index (χ4v) is 0.539. The Hall–Kier alpha value is -1.41. The molecule has 0 aliphatic carbocycles. The quantitative estimate of drug-likeness (QED) is 0.465. The van der Waals surface area contributed by atoms with Gasteiger partial charge in [0.1, 0.15) is 0 Å². The lowest BCUT2D eigenvalue weighted by Crippen LogP contribution is -2.25. The van der Waals surface area contributed by atoms with Crippen molar-refractivity contribution in [3.8, 4) is 24.7 Å². The predicted molar refractivity (Wildman–Crippen MR) is 47.1 cm³/mol. The van der Waals surface area contributed by atoms with Gasteiger partial charge in [0.05, 0.1) is 6.42 Å². The average molecular weight is 164 g/mol. The molecule has 64 valence electrons. The SMILES string of the molecule is C#CCCC(=O)OC(C)(C)C#C. The number of terminal acetylenes is 2. The van der Waals surface area contributed by atoms with E-state index in [4.69, 9.17) is 17.6 Å². The van der Waals surface area contributed by atoms with Gasteiger partial charge in [-0.1, -0.05) is 5.92 Å². The van der Waals surface area contributed by atoms with Crippen molar-refractivity contribution < 1.29 is 9.53 Å². The van der Waals surface area contributed by atoms with Crippen LogP contribution in [-0.2, 0) is 9.53 Å². The van der Waals surface area contributed by atoms with Crippen molar-refractivity contribution in [1.29, 1.82) is 0 Å². The van der Waals surface area contributed by atoms with Gasteiger partial charge in [-0.25, -0.2) is 0 Å². The normalized spacial score (nSPS) is 9.67. The first kappa shape index (κ1) is 10.6. The Balaban J connectivity index is 3.88. The molecule has 0 N–H and O–H groups in total. The molecule has 0 unspecified atom stereocenters. The van der Waals surface area contributed by atoms with E-state index in [1.54, 1.807) is 13.8 Å². The highest BCUT2D eigenvalue weighted by atomic mass is 16.6. The molecular weight excluding hydrogens is 152 g/mol. The first-order valence-corrected chi connectivity index (χ1v) is 3.65. The molecule has 0 saturated heterocycles. The van der Waals surface area contributed by atoms with Crippen LogP contribution in [-0.4, -0.2) is 11.6 Å². The van der Waals surface area contributed by atoms with E-state index in [0.717, 1.165) is 0 Å². The largest absolute Gasteiger partial charge is 0.446 e. The summed E-state index contributed by atoms with van der Waals surface area (Å²) in [4.78, 5) is 11.0. The zero-order valence-electron chi connectivity index (χ0n) is 7.39. The first-order valence-electron chi connectivity index (χ1n) is 3.65. The Labute approximate surface area is 73.3 Å². The predicted octanol–water partition coefficient (Wildman–Crippen LogP) is 1.35. The summed E-state index contributed by atoms with van der Waals surface area (Å²) in [5, 5.41) is 0. The molecule has 0 heterocycles. The molecule has 0 aromatic rings. The van der Waals surface area contributed by atoms with Crippen molar-refractivity contribution in [3.05, 3.63) is 0 Å². The van der Waals surface area contributed by atoms with Gasteiger partial charge >= 0.3 is 5.97 Å². The van der Waals surface area contributed by atoms with Gasteiger partial charge in [-0.3, -0.25) is 4.79 Å². The monoisotopic (exact) mass is 164 g/mol. The number of rotatable bonds is 3. The molecule has 0 fully saturated rings. The molecule has 0 aliphatic rings. The fraction of sp³-hybridized carbons (Fsp3) is 0.500. The van der Waals surface area contributed by atoms with E-state index < -0.39 is 5.60 Å². The standard InChI is InChI=1S/C10H12O2/c1-5-7-8-9(11)12-10(3,4)6-2/h1-2H,7-8H2,3-4H3. The van der Waals surface area contributed by atoms with Crippen LogP contribution in [0.3, 0.4) is 0 Å². The van der Waals surface area contributed by atoms with Crippen LogP contribution in [0.5, 0.6) is 0 Å². The number of hydrogen-bond acceptors (Lipinski definition) is 2. The van der Waals surface area contributed by atoms with Gasteiger partial charge in [0.15, 0.2) is 5.60 Å². The highest BCUT2D eigenvalue weighted by Gasteiger charge is 2.18. The molecule has 0 radical (unpaired) electrons. The number of carbonyl (C=O) groups excluding carboxylic acids is 1. The summed E-state index contributed by atoms with van der Waals surface area (Å²) in [7, 11) is 0. The Morgan fingerprint density at radius 1 is 1.50 bits per heavy atom. The second kappa shape index (κ2) is 4.46. The average Bonchev–Trinajstić information content (AvgIpc) is 2.00. The highest BCUT2D eigenvalue weighted by Crippen LogP contribution is 2.08. The van der Waals surface area contributed by atoms with E-state index in [1.807, 2.05) is 0 Å². The summed E-state index contributed by atoms with van der Waals surface area (Å²) in [6.45, 7) is 3.31. The molecule has 0 spiro atoms. The molecular formula is C10H12O2. The summed E-state index contributed by atoms with van der Waals surface area (Å²) in [6, 6.07) is 0. The third-order valence-electron chi connectivity index (χ3n) is 1.19. The van der Waals surface area contributed by atoms with Crippen LogP contribution in [0.2, 0.25) is 0 Å². The van der Waals surface area contributed by atoms with Crippen LogP contribution in [0, 0.1) is 24.7 Å². The topological polar surface area (TPSA) is 26.3 Å². The van der Waals surface area contributed by atoms with Crippen LogP contribution in [0.1, 0.15) is 26.7 Å². The maximum atomic E-state index is 11.0. The van der Waals surface area contributed by atoms with Crippen LogP contribution in [0.15, 0.2) is 0 Å². The minimum atomic E-state index is -0.828. The molecule has 2 heteroatoms. The number of carbonyl (C=O) groups is 1. The van der Waals surface area contributed by atoms with Crippen molar-refractivity contribution in [2.24, 2.45) is 0 Å². The Bertz CT molecular complexity index is 238. The van der Waals surface area contributed by atoms with Crippen LogP contribution in [0.4, 0.5) is 0 Å². The van der Waals surface area contributed by atoms with E-state index in [0.29, 0.717) is 6.42 Å². The van der Waals surface area contributed by atoms with Crippen LogP contribution >= 0.6 is 0 Å². The Morgan fingerprint density at radius 3 is 2.50 bits per heavy atom. The van der Waals surface area contributed by atoms with Crippen LogP contribution in [0.25, 0.3) is 0 Å². The molecule has 0 aliphatic heterocycles. The van der Waals surface area contributed by atoms with Gasteiger partial charge in [-0.05, 0) is 13.8 Å². The van der Waals surface area contributed by atoms with E-state index in [2.05, 4.69) is 11.8 Å². The zero-order chi connectivity index (χ0) is 9.61. The van der Waals surface area contributed by atoms with Crippen molar-refractivity contribution in [2.45, 2.75) is 32.3 Å². The number of ether oxygens (including phenoxy) is 1. The fourth-order valence-electron chi connectivity index (χ4n) is 0.539. The van der Waals surface area contributed by atoms with Gasteiger partial charge < -0.3 is 4.74 Å². The van der Waals surface area contributed by atoms with Crippen LogP contribution < -0.4 is 0 Å². The molecule has 0 atom stereocenters. The minimum Gasteiger partial charge on any atom is -0.446 e. The Kier molecular flexibility index (Phi) is 3.94. The summed E-state index contributed by atoms with van der Waals surface area (Å²) in [6.07, 6.45) is 10.7. The van der Waals surface area contributed by atoms with E-state index >= 15 is 0 Å². The van der Waals surface area contributed by atoms with Crippen molar-refractivity contribution >= 4 is 5.97 Å². The van der Waals surface area contributed by atoms with Crippen molar-refractivity contribution in [3.63, 3.8) is 0 Å². The van der Waals surface area contributed by atoms with E-state index in [-0.39, 0.29) is 12.4 Å². The van der Waals surface area contributed by atoms with E-state index in [9.17, 15) is 4.79 Å². The highest BCUT2D eigenvalue weighted by molar-refractivity contribution is 5.70. The second-order valence-corrected chi connectivity index (χ2v) is 2.83. The minimum absolute atomic E-state index is 0.224. The summed E-state index contributed by atoms with van der Waals surface area (Å²) in [5.74, 6) is 4.35. The molecule has 0 saturated carbocycles. The van der Waals surface area contributed by atoms with Crippen molar-refractivity contribution in [1.82, 2.24) is 0 Å². The lowest BCUT2D eigenvalue weighted by atomic mass is 10.1. The maximum Gasteiger partial charge on any atom is 0.308 e. The lowest BCUT2D eigenvalue weighted by molar-refractivity contribution is -0.151. The number of esters is 1. The molecule has 12 heavy (non-hydrogen) atoms.